The number of rotatable bonds is 3. The predicted octanol–water partition coefficient (Wildman–Crippen LogP) is 0.763. The van der Waals surface area contributed by atoms with E-state index in [2.05, 4.69) is 20.8 Å². The van der Waals surface area contributed by atoms with Gasteiger partial charge in [-0.2, -0.15) is 0 Å². The Morgan fingerprint density at radius 1 is 1.29 bits per heavy atom. The zero-order chi connectivity index (χ0) is 9.80. The van der Waals surface area contributed by atoms with Crippen molar-refractivity contribution < 1.29 is 0 Å². The van der Waals surface area contributed by atoms with Crippen LogP contribution in [0, 0.1) is 0 Å². The minimum atomic E-state index is 0.675. The highest BCUT2D eigenvalue weighted by molar-refractivity contribution is 5.22. The van der Waals surface area contributed by atoms with Crippen molar-refractivity contribution >= 4 is 5.95 Å². The summed E-state index contributed by atoms with van der Waals surface area (Å²) >= 11 is 0. The van der Waals surface area contributed by atoms with Crippen LogP contribution in [0.3, 0.4) is 0 Å². The summed E-state index contributed by atoms with van der Waals surface area (Å²) in [6.45, 7) is 0.685. The molecule has 0 unspecified atom stereocenters. The van der Waals surface area contributed by atoms with Crippen LogP contribution in [0.2, 0.25) is 0 Å². The Labute approximate surface area is 81.8 Å². The molecule has 1 N–H and O–H groups in total. The topological polar surface area (TPSA) is 55.6 Å². The zero-order valence-electron chi connectivity index (χ0n) is 7.88. The number of tetrazole rings is 1. The Hall–Kier alpha value is -1.91. The molecule has 0 saturated carbocycles. The molecule has 1 heterocycles. The Morgan fingerprint density at radius 2 is 2.07 bits per heavy atom. The van der Waals surface area contributed by atoms with Gasteiger partial charge in [-0.05, 0) is 16.0 Å². The standard InChI is InChI=1S/C9H11N5/c1-10-9-11-12-13-14(9)7-8-5-3-2-4-6-8/h2-6H,7H2,1H3,(H,10,11,13). The molecule has 0 bridgehead atoms. The van der Waals surface area contributed by atoms with E-state index < -0.39 is 0 Å². The van der Waals surface area contributed by atoms with E-state index in [0.29, 0.717) is 12.5 Å². The highest BCUT2D eigenvalue weighted by Gasteiger charge is 2.02. The number of aromatic nitrogens is 4. The van der Waals surface area contributed by atoms with Crippen LogP contribution in [0.1, 0.15) is 5.56 Å². The molecule has 1 aromatic heterocycles. The van der Waals surface area contributed by atoms with E-state index in [1.54, 1.807) is 11.7 Å². The maximum Gasteiger partial charge on any atom is 0.242 e. The zero-order valence-corrected chi connectivity index (χ0v) is 7.88. The van der Waals surface area contributed by atoms with Gasteiger partial charge in [-0.1, -0.05) is 35.4 Å². The Kier molecular flexibility index (Phi) is 2.40. The molecule has 0 fully saturated rings. The molecule has 1 aromatic carbocycles. The molecule has 72 valence electrons. The SMILES string of the molecule is CNc1nnnn1Cc1ccccc1. The molecule has 0 atom stereocenters. The summed E-state index contributed by atoms with van der Waals surface area (Å²) in [5, 5.41) is 14.2. The molecule has 0 radical (unpaired) electrons. The first kappa shape index (κ1) is 8.68. The average molecular weight is 189 g/mol. The average Bonchev–Trinajstić information content (AvgIpc) is 2.67. The summed E-state index contributed by atoms with van der Waals surface area (Å²) < 4.78 is 1.72. The molecule has 0 aliphatic heterocycles. The normalized spacial score (nSPS) is 10.1. The minimum absolute atomic E-state index is 0.675. The third kappa shape index (κ3) is 1.71. The first-order valence-corrected chi connectivity index (χ1v) is 4.38. The van der Waals surface area contributed by atoms with Crippen molar-refractivity contribution in [1.82, 2.24) is 20.2 Å². The predicted molar refractivity (Wildman–Crippen MR) is 52.9 cm³/mol. The van der Waals surface area contributed by atoms with Gasteiger partial charge in [0.25, 0.3) is 0 Å². The van der Waals surface area contributed by atoms with E-state index in [4.69, 9.17) is 0 Å². The molecular formula is C9H11N5. The molecule has 5 heteroatoms. The first-order valence-electron chi connectivity index (χ1n) is 4.38. The van der Waals surface area contributed by atoms with Crippen molar-refractivity contribution in [3.8, 4) is 0 Å². The van der Waals surface area contributed by atoms with Crippen molar-refractivity contribution in [3.05, 3.63) is 35.9 Å². The molecule has 2 rings (SSSR count). The van der Waals surface area contributed by atoms with Gasteiger partial charge in [0.05, 0.1) is 6.54 Å². The smallest absolute Gasteiger partial charge is 0.242 e. The fourth-order valence-electron chi connectivity index (χ4n) is 1.25. The van der Waals surface area contributed by atoms with E-state index in [9.17, 15) is 0 Å². The van der Waals surface area contributed by atoms with E-state index in [1.807, 2.05) is 30.3 Å². The van der Waals surface area contributed by atoms with Gasteiger partial charge in [0.2, 0.25) is 5.95 Å². The van der Waals surface area contributed by atoms with Gasteiger partial charge in [0.1, 0.15) is 0 Å². The van der Waals surface area contributed by atoms with Crippen LogP contribution in [0.15, 0.2) is 30.3 Å². The summed E-state index contributed by atoms with van der Waals surface area (Å²) in [5.41, 5.74) is 1.18. The molecule has 0 aliphatic carbocycles. The fourth-order valence-corrected chi connectivity index (χ4v) is 1.25. The molecule has 0 saturated heterocycles. The van der Waals surface area contributed by atoms with Gasteiger partial charge in [-0.15, -0.1) is 0 Å². The lowest BCUT2D eigenvalue weighted by molar-refractivity contribution is 0.653. The van der Waals surface area contributed by atoms with E-state index in [1.165, 1.54) is 5.56 Å². The Bertz CT molecular complexity index is 395. The maximum absolute atomic E-state index is 3.88. The second kappa shape index (κ2) is 3.87. The van der Waals surface area contributed by atoms with Crippen molar-refractivity contribution in [2.45, 2.75) is 6.54 Å². The second-order valence-electron chi connectivity index (χ2n) is 2.90. The minimum Gasteiger partial charge on any atom is -0.356 e. The molecule has 2 aromatic rings. The molecule has 0 amide bonds. The summed E-state index contributed by atoms with van der Waals surface area (Å²) in [4.78, 5) is 0. The number of nitrogens with one attached hydrogen (secondary N) is 1. The van der Waals surface area contributed by atoms with Crippen LogP contribution in [0.25, 0.3) is 0 Å². The van der Waals surface area contributed by atoms with Crippen LogP contribution in [0.5, 0.6) is 0 Å². The van der Waals surface area contributed by atoms with E-state index >= 15 is 0 Å². The largest absolute Gasteiger partial charge is 0.356 e. The molecule has 14 heavy (non-hydrogen) atoms. The lowest BCUT2D eigenvalue weighted by Crippen LogP contribution is -2.06. The third-order valence-electron chi connectivity index (χ3n) is 1.93. The summed E-state index contributed by atoms with van der Waals surface area (Å²) in [7, 11) is 1.80. The number of anilines is 1. The number of nitrogens with zero attached hydrogens (tertiary/aromatic N) is 4. The van der Waals surface area contributed by atoms with Gasteiger partial charge in [0, 0.05) is 7.05 Å². The van der Waals surface area contributed by atoms with Crippen LogP contribution in [-0.2, 0) is 6.54 Å². The maximum atomic E-state index is 3.88. The quantitative estimate of drug-likeness (QED) is 0.774. The summed E-state index contributed by atoms with van der Waals surface area (Å²) in [5.74, 6) is 0.675. The lowest BCUT2D eigenvalue weighted by Gasteiger charge is -2.02. The highest BCUT2D eigenvalue weighted by atomic mass is 15.6. The summed E-state index contributed by atoms with van der Waals surface area (Å²) in [6.07, 6.45) is 0. The van der Waals surface area contributed by atoms with Gasteiger partial charge >= 0.3 is 0 Å². The number of hydrogen-bond donors (Lipinski definition) is 1. The van der Waals surface area contributed by atoms with Crippen molar-refractivity contribution in [3.63, 3.8) is 0 Å². The van der Waals surface area contributed by atoms with Crippen molar-refractivity contribution in [1.29, 1.82) is 0 Å². The van der Waals surface area contributed by atoms with Gasteiger partial charge < -0.3 is 5.32 Å². The first-order chi connectivity index (χ1) is 6.90. The van der Waals surface area contributed by atoms with Crippen molar-refractivity contribution in [2.75, 3.05) is 12.4 Å². The molecule has 5 nitrogen and oxygen atoms in total. The fraction of sp³-hybridized carbons (Fsp3) is 0.222. The van der Waals surface area contributed by atoms with Gasteiger partial charge in [-0.25, -0.2) is 4.68 Å². The number of benzene rings is 1. The van der Waals surface area contributed by atoms with Gasteiger partial charge in [-0.3, -0.25) is 0 Å². The van der Waals surface area contributed by atoms with E-state index in [-0.39, 0.29) is 0 Å². The highest BCUT2D eigenvalue weighted by Crippen LogP contribution is 2.04. The molecule has 0 spiro atoms. The number of hydrogen-bond acceptors (Lipinski definition) is 4. The Balaban J connectivity index is 2.19. The monoisotopic (exact) mass is 189 g/mol. The van der Waals surface area contributed by atoms with Crippen LogP contribution < -0.4 is 5.32 Å². The van der Waals surface area contributed by atoms with Crippen LogP contribution >= 0.6 is 0 Å². The van der Waals surface area contributed by atoms with E-state index in [0.717, 1.165) is 0 Å². The van der Waals surface area contributed by atoms with Gasteiger partial charge in [0.15, 0.2) is 0 Å². The second-order valence-corrected chi connectivity index (χ2v) is 2.90. The van der Waals surface area contributed by atoms with Crippen molar-refractivity contribution in [2.24, 2.45) is 0 Å². The molecular weight excluding hydrogens is 178 g/mol. The van der Waals surface area contributed by atoms with Crippen LogP contribution in [-0.4, -0.2) is 27.3 Å². The molecule has 0 aliphatic rings. The summed E-state index contributed by atoms with van der Waals surface area (Å²) in [6, 6.07) is 10.1. The Morgan fingerprint density at radius 3 is 2.79 bits per heavy atom. The third-order valence-corrected chi connectivity index (χ3v) is 1.93. The lowest BCUT2D eigenvalue weighted by atomic mass is 10.2. The van der Waals surface area contributed by atoms with Crippen LogP contribution in [0.4, 0.5) is 5.95 Å².